The number of aryl methyl sites for hydroxylation is 1. The van der Waals surface area contributed by atoms with Gasteiger partial charge in [0, 0.05) is 10.5 Å². The fourth-order valence-electron chi connectivity index (χ4n) is 2.05. The van der Waals surface area contributed by atoms with Gasteiger partial charge in [0.1, 0.15) is 4.92 Å². The number of nitro groups is 1. The summed E-state index contributed by atoms with van der Waals surface area (Å²) in [5.41, 5.74) is 3.03. The maximum atomic E-state index is 10.6. The van der Waals surface area contributed by atoms with Crippen molar-refractivity contribution in [1.82, 2.24) is 4.72 Å². The van der Waals surface area contributed by atoms with Crippen molar-refractivity contribution in [2.24, 2.45) is 9.98 Å². The highest BCUT2D eigenvalue weighted by Crippen LogP contribution is 2.29. The predicted molar refractivity (Wildman–Crippen MR) is 94.9 cm³/mol. The van der Waals surface area contributed by atoms with Crippen LogP contribution < -0.4 is 4.72 Å². The van der Waals surface area contributed by atoms with Gasteiger partial charge < -0.3 is 4.42 Å². The molecule has 0 spiro atoms. The van der Waals surface area contributed by atoms with E-state index >= 15 is 0 Å². The number of hydrogen-bond acceptors (Lipinski definition) is 7. The summed E-state index contributed by atoms with van der Waals surface area (Å²) in [5, 5.41) is 10.6. The lowest BCUT2D eigenvalue weighted by molar-refractivity contribution is -0.402. The summed E-state index contributed by atoms with van der Waals surface area (Å²) in [6, 6.07) is 10.9. The van der Waals surface area contributed by atoms with E-state index in [4.69, 9.17) is 4.42 Å². The molecule has 0 radical (unpaired) electrons. The minimum absolute atomic E-state index is 0.291. The maximum absolute atomic E-state index is 10.6. The first-order valence-corrected chi connectivity index (χ1v) is 7.92. The molecule has 7 nitrogen and oxygen atoms in total. The molecule has 0 fully saturated rings. The summed E-state index contributed by atoms with van der Waals surface area (Å²) in [6.45, 7) is 4.01. The van der Waals surface area contributed by atoms with E-state index in [0.717, 1.165) is 16.2 Å². The van der Waals surface area contributed by atoms with E-state index in [1.165, 1.54) is 35.9 Å². The third-order valence-corrected chi connectivity index (χ3v) is 4.06. The molecular formula is C16H14N4O3S. The Hall–Kier alpha value is -2.87. The van der Waals surface area contributed by atoms with E-state index in [9.17, 15) is 10.1 Å². The van der Waals surface area contributed by atoms with Crippen LogP contribution in [0.25, 0.3) is 5.70 Å². The van der Waals surface area contributed by atoms with Gasteiger partial charge >= 0.3 is 5.88 Å². The number of guanidine groups is 1. The van der Waals surface area contributed by atoms with E-state index in [0.29, 0.717) is 11.7 Å². The first-order valence-electron chi connectivity index (χ1n) is 7.10. The average Bonchev–Trinajstić information content (AvgIpc) is 3.04. The highest BCUT2D eigenvalue weighted by Gasteiger charge is 2.14. The van der Waals surface area contributed by atoms with Crippen molar-refractivity contribution in [1.29, 1.82) is 0 Å². The Morgan fingerprint density at radius 1 is 1.25 bits per heavy atom. The van der Waals surface area contributed by atoms with Crippen molar-refractivity contribution in [3.63, 3.8) is 0 Å². The smallest absolute Gasteiger partial charge is 0.400 e. The molecule has 0 unspecified atom stereocenters. The van der Waals surface area contributed by atoms with E-state index < -0.39 is 4.92 Å². The van der Waals surface area contributed by atoms with Crippen molar-refractivity contribution >= 4 is 35.7 Å². The second kappa shape index (κ2) is 6.71. The molecule has 0 bridgehead atoms. The molecule has 2 aromatic rings. The molecule has 1 N–H and O–H groups in total. The zero-order valence-electron chi connectivity index (χ0n) is 13.0. The van der Waals surface area contributed by atoms with Crippen molar-refractivity contribution in [3.8, 4) is 0 Å². The van der Waals surface area contributed by atoms with E-state index in [1.807, 2.05) is 38.1 Å². The number of allylic oxidation sites excluding steroid dienone is 1. The van der Waals surface area contributed by atoms with Crippen LogP contribution in [0, 0.1) is 17.0 Å². The predicted octanol–water partition coefficient (Wildman–Crippen LogP) is 3.91. The van der Waals surface area contributed by atoms with E-state index in [2.05, 4.69) is 14.7 Å². The van der Waals surface area contributed by atoms with Crippen molar-refractivity contribution in [3.05, 3.63) is 68.3 Å². The number of nitrogens with zero attached hydrogens (tertiary/aromatic N) is 3. The van der Waals surface area contributed by atoms with Crippen LogP contribution in [0.5, 0.6) is 0 Å². The number of aliphatic imine (C=N–C) groups is 2. The molecule has 3 rings (SSSR count). The van der Waals surface area contributed by atoms with Crippen molar-refractivity contribution < 1.29 is 9.34 Å². The molecule has 1 aliphatic rings. The van der Waals surface area contributed by atoms with Crippen LogP contribution in [0.2, 0.25) is 0 Å². The molecule has 1 aromatic carbocycles. The van der Waals surface area contributed by atoms with Crippen LogP contribution in [0.15, 0.2) is 55.7 Å². The largest absolute Gasteiger partial charge is 0.433 e. The topological polar surface area (TPSA) is 93.0 Å². The van der Waals surface area contributed by atoms with Gasteiger partial charge in [-0.25, -0.2) is 9.98 Å². The van der Waals surface area contributed by atoms with Gasteiger partial charge in [-0.2, -0.15) is 0 Å². The van der Waals surface area contributed by atoms with E-state index in [-0.39, 0.29) is 5.88 Å². The molecule has 0 saturated heterocycles. The zero-order valence-corrected chi connectivity index (χ0v) is 13.8. The lowest BCUT2D eigenvalue weighted by Gasteiger charge is -2.15. The van der Waals surface area contributed by atoms with Crippen LogP contribution in [-0.4, -0.2) is 17.1 Å². The van der Waals surface area contributed by atoms with Gasteiger partial charge in [-0.15, -0.1) is 0 Å². The first kappa shape index (κ1) is 16.0. The third-order valence-electron chi connectivity index (χ3n) is 3.28. The van der Waals surface area contributed by atoms with Crippen LogP contribution in [0.3, 0.4) is 0 Å². The van der Waals surface area contributed by atoms with Gasteiger partial charge in [-0.1, -0.05) is 29.8 Å². The Labute approximate surface area is 142 Å². The second-order valence-corrected chi connectivity index (χ2v) is 6.12. The molecule has 0 amide bonds. The molecule has 24 heavy (non-hydrogen) atoms. The lowest BCUT2D eigenvalue weighted by atomic mass is 10.1. The van der Waals surface area contributed by atoms with Gasteiger partial charge in [0.25, 0.3) is 0 Å². The van der Waals surface area contributed by atoms with Crippen LogP contribution in [0.1, 0.15) is 23.8 Å². The Balaban J connectivity index is 1.83. The molecular weight excluding hydrogens is 328 g/mol. The standard InChI is InChI=1S/C16H14N4O3S/c1-10-3-5-12(6-4-10)15-11(2)24-19-16(18-15)17-9-13-7-8-14(23-13)20(21)22/h3-9H,1-2H3,(H,18,19). The highest BCUT2D eigenvalue weighted by atomic mass is 32.2. The number of rotatable bonds is 3. The molecule has 0 atom stereocenters. The minimum atomic E-state index is -0.592. The van der Waals surface area contributed by atoms with Crippen LogP contribution in [-0.2, 0) is 0 Å². The monoisotopic (exact) mass is 342 g/mol. The van der Waals surface area contributed by atoms with Gasteiger partial charge in [-0.05, 0) is 31.9 Å². The van der Waals surface area contributed by atoms with Crippen molar-refractivity contribution in [2.45, 2.75) is 13.8 Å². The molecule has 1 aliphatic heterocycles. The fraction of sp³-hybridized carbons (Fsp3) is 0.125. The molecule has 0 saturated carbocycles. The van der Waals surface area contributed by atoms with Gasteiger partial charge in [0.05, 0.1) is 18.0 Å². The quantitative estimate of drug-likeness (QED) is 0.395. The fourth-order valence-corrected chi connectivity index (χ4v) is 2.65. The maximum Gasteiger partial charge on any atom is 0.433 e. The van der Waals surface area contributed by atoms with Crippen molar-refractivity contribution in [2.75, 3.05) is 0 Å². The third kappa shape index (κ3) is 3.54. The number of hydrogen-bond donors (Lipinski definition) is 1. The first-order chi connectivity index (χ1) is 11.5. The summed E-state index contributed by atoms with van der Waals surface area (Å²) in [5.74, 6) is 0.375. The van der Waals surface area contributed by atoms with Gasteiger partial charge in [-0.3, -0.25) is 14.8 Å². The molecule has 122 valence electrons. The van der Waals surface area contributed by atoms with Crippen LogP contribution >= 0.6 is 11.9 Å². The zero-order chi connectivity index (χ0) is 17.1. The summed E-state index contributed by atoms with van der Waals surface area (Å²) in [4.78, 5) is 19.8. The van der Waals surface area contributed by atoms with Gasteiger partial charge in [0.15, 0.2) is 5.76 Å². The van der Waals surface area contributed by atoms with E-state index in [1.54, 1.807) is 0 Å². The minimum Gasteiger partial charge on any atom is -0.400 e. The summed E-state index contributed by atoms with van der Waals surface area (Å²) in [7, 11) is 0. The Bertz CT molecular complexity index is 866. The van der Waals surface area contributed by atoms with Crippen LogP contribution in [0.4, 0.5) is 5.88 Å². The average molecular weight is 342 g/mol. The second-order valence-electron chi connectivity index (χ2n) is 5.10. The molecule has 1 aromatic heterocycles. The Kier molecular flexibility index (Phi) is 4.48. The van der Waals surface area contributed by atoms with Gasteiger partial charge in [0.2, 0.25) is 5.96 Å². The molecule has 8 heteroatoms. The summed E-state index contributed by atoms with van der Waals surface area (Å²) in [6.07, 6.45) is 1.40. The number of benzene rings is 1. The normalized spacial score (nSPS) is 14.7. The Morgan fingerprint density at radius 2 is 2.00 bits per heavy atom. The number of furan rings is 1. The number of nitrogens with one attached hydrogen (secondary N) is 1. The lowest BCUT2D eigenvalue weighted by Crippen LogP contribution is -2.17. The SMILES string of the molecule is CC1=C(c2ccc(C)cc2)N=C(N=Cc2ccc([N+](=O)[O-])o2)NS1. The Morgan fingerprint density at radius 3 is 2.67 bits per heavy atom. The summed E-state index contributed by atoms with van der Waals surface area (Å²) >= 11 is 1.42. The molecule has 0 aliphatic carbocycles. The molecule has 2 heterocycles. The highest BCUT2D eigenvalue weighted by molar-refractivity contribution is 8.02. The summed E-state index contributed by atoms with van der Waals surface area (Å²) < 4.78 is 8.05.